The van der Waals surface area contributed by atoms with Gasteiger partial charge in [0.2, 0.25) is 0 Å². The van der Waals surface area contributed by atoms with Crippen molar-refractivity contribution in [1.82, 2.24) is 4.90 Å². The van der Waals surface area contributed by atoms with E-state index in [2.05, 4.69) is 62.2 Å². The van der Waals surface area contributed by atoms with Crippen molar-refractivity contribution in [3.63, 3.8) is 0 Å². The topological polar surface area (TPSA) is 3.24 Å². The molecular weight excluding hydrogens is 182 g/mol. The molecule has 2 rings (SSSR count). The van der Waals surface area contributed by atoms with Crippen LogP contribution in [0.4, 0.5) is 0 Å². The Morgan fingerprint density at radius 2 is 1.73 bits per heavy atom. The van der Waals surface area contributed by atoms with Gasteiger partial charge in [0, 0.05) is 18.3 Å². The van der Waals surface area contributed by atoms with Gasteiger partial charge in [-0.25, -0.2) is 0 Å². The zero-order valence-corrected chi connectivity index (χ0v) is 9.83. The third kappa shape index (κ3) is 2.23. The molecule has 1 heterocycles. The molecule has 1 heteroatoms. The highest BCUT2D eigenvalue weighted by Gasteiger charge is 2.23. The van der Waals surface area contributed by atoms with E-state index in [1.54, 1.807) is 0 Å². The molecule has 1 aromatic rings. The minimum Gasteiger partial charge on any atom is -0.372 e. The zero-order chi connectivity index (χ0) is 10.9. The van der Waals surface area contributed by atoms with Crippen LogP contribution in [0.3, 0.4) is 0 Å². The first kappa shape index (κ1) is 10.3. The predicted octanol–water partition coefficient (Wildman–Crippen LogP) is 3.53. The molecule has 0 fully saturated rings. The van der Waals surface area contributed by atoms with Crippen LogP contribution in [0.25, 0.3) is 5.57 Å². The number of benzene rings is 1. The molecule has 0 unspecified atom stereocenters. The van der Waals surface area contributed by atoms with E-state index in [-0.39, 0.29) is 5.54 Å². The molecule has 0 spiro atoms. The van der Waals surface area contributed by atoms with Gasteiger partial charge in [-0.05, 0) is 38.3 Å². The fourth-order valence-corrected chi connectivity index (χ4v) is 1.96. The summed E-state index contributed by atoms with van der Waals surface area (Å²) in [5, 5.41) is 0. The van der Waals surface area contributed by atoms with Crippen molar-refractivity contribution in [3.8, 4) is 0 Å². The number of nitrogens with zero attached hydrogens (tertiary/aromatic N) is 1. The van der Waals surface area contributed by atoms with Crippen LogP contribution in [0, 0.1) is 0 Å². The summed E-state index contributed by atoms with van der Waals surface area (Å²) in [6.45, 7) is 7.93. The maximum Gasteiger partial charge on any atom is 0.0312 e. The molecule has 1 aromatic carbocycles. The fourth-order valence-electron chi connectivity index (χ4n) is 1.96. The van der Waals surface area contributed by atoms with Gasteiger partial charge in [-0.1, -0.05) is 30.3 Å². The standard InChI is InChI=1S/C14H19N/c1-14(2,3)15-10-9-13(11-15)12-7-5-4-6-8-12/h4-8,11H,9-10H2,1-3H3. The summed E-state index contributed by atoms with van der Waals surface area (Å²) in [6, 6.07) is 10.7. The molecule has 15 heavy (non-hydrogen) atoms. The molecule has 0 aromatic heterocycles. The third-order valence-electron chi connectivity index (χ3n) is 2.94. The molecule has 80 valence electrons. The van der Waals surface area contributed by atoms with Crippen LogP contribution in [0.15, 0.2) is 36.5 Å². The normalized spacial score (nSPS) is 16.7. The van der Waals surface area contributed by atoms with E-state index in [0.717, 1.165) is 6.54 Å². The van der Waals surface area contributed by atoms with Crippen LogP contribution in [-0.2, 0) is 0 Å². The third-order valence-corrected chi connectivity index (χ3v) is 2.94. The van der Waals surface area contributed by atoms with Gasteiger partial charge in [0.1, 0.15) is 0 Å². The fraction of sp³-hybridized carbons (Fsp3) is 0.429. The van der Waals surface area contributed by atoms with Crippen LogP contribution in [0.1, 0.15) is 32.8 Å². The van der Waals surface area contributed by atoms with E-state index >= 15 is 0 Å². The summed E-state index contributed by atoms with van der Waals surface area (Å²) < 4.78 is 0. The summed E-state index contributed by atoms with van der Waals surface area (Å²) >= 11 is 0. The zero-order valence-electron chi connectivity index (χ0n) is 9.83. The molecule has 0 amide bonds. The van der Waals surface area contributed by atoms with E-state index in [1.165, 1.54) is 17.6 Å². The van der Waals surface area contributed by atoms with Gasteiger partial charge in [0.25, 0.3) is 0 Å². The molecule has 0 atom stereocenters. The van der Waals surface area contributed by atoms with Gasteiger partial charge in [-0.15, -0.1) is 0 Å². The minimum atomic E-state index is 0.247. The second-order valence-electron chi connectivity index (χ2n) is 5.13. The van der Waals surface area contributed by atoms with Gasteiger partial charge < -0.3 is 4.90 Å². The smallest absolute Gasteiger partial charge is 0.0312 e. The highest BCUT2D eigenvalue weighted by molar-refractivity contribution is 5.67. The van der Waals surface area contributed by atoms with Crippen LogP contribution >= 0.6 is 0 Å². The van der Waals surface area contributed by atoms with Crippen LogP contribution in [-0.4, -0.2) is 17.0 Å². The van der Waals surface area contributed by atoms with E-state index in [1.807, 2.05) is 0 Å². The first-order chi connectivity index (χ1) is 7.07. The lowest BCUT2D eigenvalue weighted by Gasteiger charge is -2.31. The Balaban J connectivity index is 2.21. The summed E-state index contributed by atoms with van der Waals surface area (Å²) in [6.07, 6.45) is 3.48. The van der Waals surface area contributed by atoms with E-state index in [4.69, 9.17) is 0 Å². The summed E-state index contributed by atoms with van der Waals surface area (Å²) in [5.74, 6) is 0. The Morgan fingerprint density at radius 1 is 1.07 bits per heavy atom. The van der Waals surface area contributed by atoms with Crippen LogP contribution < -0.4 is 0 Å². The van der Waals surface area contributed by atoms with Crippen molar-refractivity contribution in [2.75, 3.05) is 6.54 Å². The Kier molecular flexibility index (Phi) is 2.56. The number of rotatable bonds is 1. The lowest BCUT2D eigenvalue weighted by Crippen LogP contribution is -2.35. The summed E-state index contributed by atoms with van der Waals surface area (Å²) in [7, 11) is 0. The lowest BCUT2D eigenvalue weighted by atomic mass is 10.1. The second kappa shape index (κ2) is 3.73. The Hall–Kier alpha value is -1.24. The summed E-state index contributed by atoms with van der Waals surface area (Å²) in [4.78, 5) is 2.43. The highest BCUT2D eigenvalue weighted by Crippen LogP contribution is 2.29. The SMILES string of the molecule is CC(C)(C)N1C=C(c2ccccc2)CC1. The van der Waals surface area contributed by atoms with Crippen molar-refractivity contribution < 1.29 is 0 Å². The Labute approximate surface area is 92.4 Å². The molecule has 1 aliphatic rings. The molecule has 0 N–H and O–H groups in total. The van der Waals surface area contributed by atoms with Crippen molar-refractivity contribution >= 4 is 5.57 Å². The van der Waals surface area contributed by atoms with E-state index in [9.17, 15) is 0 Å². The van der Waals surface area contributed by atoms with Crippen molar-refractivity contribution in [2.24, 2.45) is 0 Å². The number of hydrogen-bond donors (Lipinski definition) is 0. The van der Waals surface area contributed by atoms with E-state index < -0.39 is 0 Å². The summed E-state index contributed by atoms with van der Waals surface area (Å²) in [5.41, 5.74) is 3.08. The first-order valence-corrected chi connectivity index (χ1v) is 5.60. The molecule has 0 saturated heterocycles. The van der Waals surface area contributed by atoms with Gasteiger partial charge in [-0.2, -0.15) is 0 Å². The molecule has 1 nitrogen and oxygen atoms in total. The number of hydrogen-bond acceptors (Lipinski definition) is 1. The lowest BCUT2D eigenvalue weighted by molar-refractivity contribution is 0.222. The van der Waals surface area contributed by atoms with Gasteiger partial charge in [0.15, 0.2) is 0 Å². The minimum absolute atomic E-state index is 0.247. The molecular formula is C14H19N. The first-order valence-electron chi connectivity index (χ1n) is 5.60. The van der Waals surface area contributed by atoms with E-state index in [0.29, 0.717) is 0 Å². The van der Waals surface area contributed by atoms with Crippen molar-refractivity contribution in [1.29, 1.82) is 0 Å². The average molecular weight is 201 g/mol. The largest absolute Gasteiger partial charge is 0.372 e. The maximum atomic E-state index is 2.43. The molecule has 0 saturated carbocycles. The second-order valence-corrected chi connectivity index (χ2v) is 5.13. The van der Waals surface area contributed by atoms with Gasteiger partial charge in [-0.3, -0.25) is 0 Å². The molecule has 0 radical (unpaired) electrons. The molecule has 0 bridgehead atoms. The quantitative estimate of drug-likeness (QED) is 0.672. The van der Waals surface area contributed by atoms with Gasteiger partial charge in [0.05, 0.1) is 0 Å². The highest BCUT2D eigenvalue weighted by atomic mass is 15.2. The maximum absolute atomic E-state index is 2.43. The average Bonchev–Trinajstić information content (AvgIpc) is 2.67. The Bertz CT molecular complexity index is 357. The Morgan fingerprint density at radius 3 is 2.27 bits per heavy atom. The predicted molar refractivity (Wildman–Crippen MR) is 65.5 cm³/mol. The van der Waals surface area contributed by atoms with Crippen LogP contribution in [0.2, 0.25) is 0 Å². The van der Waals surface area contributed by atoms with Crippen molar-refractivity contribution in [3.05, 3.63) is 42.1 Å². The molecule has 1 aliphatic heterocycles. The van der Waals surface area contributed by atoms with Crippen LogP contribution in [0.5, 0.6) is 0 Å². The van der Waals surface area contributed by atoms with Crippen molar-refractivity contribution in [2.45, 2.75) is 32.7 Å². The monoisotopic (exact) mass is 201 g/mol. The molecule has 0 aliphatic carbocycles. The van der Waals surface area contributed by atoms with Gasteiger partial charge >= 0.3 is 0 Å².